The van der Waals surface area contributed by atoms with Gasteiger partial charge in [-0.05, 0) is 74.1 Å². The minimum absolute atomic E-state index is 0.0367. The monoisotopic (exact) mass is 365 g/mol. The summed E-state index contributed by atoms with van der Waals surface area (Å²) in [7, 11) is 0. The van der Waals surface area contributed by atoms with E-state index in [9.17, 15) is 4.79 Å². The Balaban J connectivity index is 1.63. The number of thiocarbonyl (C=S) groups is 1. The molecule has 0 bridgehead atoms. The van der Waals surface area contributed by atoms with Gasteiger partial charge in [0.15, 0.2) is 5.11 Å². The van der Waals surface area contributed by atoms with Gasteiger partial charge in [0.25, 0.3) is 5.56 Å². The van der Waals surface area contributed by atoms with Crippen LogP contribution < -0.4 is 16.2 Å². The molecule has 0 aliphatic rings. The van der Waals surface area contributed by atoms with Crippen molar-refractivity contribution in [2.24, 2.45) is 0 Å². The zero-order valence-corrected chi connectivity index (χ0v) is 16.1. The molecule has 0 fully saturated rings. The number of aromatic nitrogens is 1. The van der Waals surface area contributed by atoms with Crippen LogP contribution in [0.1, 0.15) is 22.3 Å². The third-order valence-electron chi connectivity index (χ3n) is 4.62. The zero-order valence-electron chi connectivity index (χ0n) is 15.3. The molecule has 3 aromatic rings. The number of fused-ring (bicyclic) bond motifs is 1. The standard InChI is InChI=1S/C21H23N3OS/c1-13-4-8-18(9-5-13)23-21(26)22-11-10-17-12-16-7-6-14(2)15(3)19(16)24-20(17)25/h4-9,12H,10-11H2,1-3H3,(H,24,25)(H2,22,23,26). The molecule has 0 aliphatic carbocycles. The Morgan fingerprint density at radius 3 is 2.54 bits per heavy atom. The average molecular weight is 366 g/mol. The highest BCUT2D eigenvalue weighted by Gasteiger charge is 2.07. The molecule has 0 saturated carbocycles. The zero-order chi connectivity index (χ0) is 18.7. The first-order chi connectivity index (χ1) is 12.4. The van der Waals surface area contributed by atoms with E-state index in [1.807, 2.05) is 57.2 Å². The van der Waals surface area contributed by atoms with E-state index in [0.717, 1.165) is 27.7 Å². The summed E-state index contributed by atoms with van der Waals surface area (Å²) in [5, 5.41) is 7.92. The van der Waals surface area contributed by atoms with Gasteiger partial charge >= 0.3 is 0 Å². The predicted octanol–water partition coefficient (Wildman–Crippen LogP) is 3.98. The molecular weight excluding hydrogens is 342 g/mol. The van der Waals surface area contributed by atoms with Crippen LogP contribution in [0.25, 0.3) is 10.9 Å². The van der Waals surface area contributed by atoms with E-state index < -0.39 is 0 Å². The molecule has 0 saturated heterocycles. The molecule has 2 aromatic carbocycles. The van der Waals surface area contributed by atoms with Crippen molar-refractivity contribution >= 4 is 33.9 Å². The van der Waals surface area contributed by atoms with Gasteiger partial charge in [0.1, 0.15) is 0 Å². The number of aryl methyl sites for hydroxylation is 3. The molecule has 5 heteroatoms. The molecule has 0 atom stereocenters. The average Bonchev–Trinajstić information content (AvgIpc) is 2.61. The number of hydrogen-bond acceptors (Lipinski definition) is 2. The second kappa shape index (κ2) is 7.70. The van der Waals surface area contributed by atoms with Gasteiger partial charge in [0.05, 0.1) is 5.52 Å². The Morgan fingerprint density at radius 1 is 1.08 bits per heavy atom. The largest absolute Gasteiger partial charge is 0.362 e. The maximum absolute atomic E-state index is 12.4. The predicted molar refractivity (Wildman–Crippen MR) is 113 cm³/mol. The van der Waals surface area contributed by atoms with E-state index in [2.05, 4.69) is 21.7 Å². The van der Waals surface area contributed by atoms with Crippen LogP contribution in [0.2, 0.25) is 0 Å². The van der Waals surface area contributed by atoms with Crippen LogP contribution >= 0.6 is 12.2 Å². The molecule has 0 amide bonds. The summed E-state index contributed by atoms with van der Waals surface area (Å²) in [6.45, 7) is 6.72. The SMILES string of the molecule is Cc1ccc(NC(=S)NCCc2cc3ccc(C)c(C)c3[nH]c2=O)cc1. The number of anilines is 1. The summed E-state index contributed by atoms with van der Waals surface area (Å²) < 4.78 is 0. The normalized spacial score (nSPS) is 10.7. The van der Waals surface area contributed by atoms with E-state index in [1.54, 1.807) is 0 Å². The second-order valence-electron chi connectivity index (χ2n) is 6.59. The summed E-state index contributed by atoms with van der Waals surface area (Å²) in [6, 6.07) is 14.1. The Bertz CT molecular complexity index is 1010. The van der Waals surface area contributed by atoms with Crippen molar-refractivity contribution in [1.29, 1.82) is 0 Å². The third-order valence-corrected chi connectivity index (χ3v) is 4.86. The van der Waals surface area contributed by atoms with Crippen molar-refractivity contribution in [3.63, 3.8) is 0 Å². The van der Waals surface area contributed by atoms with Crippen LogP contribution in [0.3, 0.4) is 0 Å². The minimum atomic E-state index is -0.0367. The Labute approximate surface area is 158 Å². The molecule has 1 aromatic heterocycles. The van der Waals surface area contributed by atoms with Gasteiger partial charge in [-0.1, -0.05) is 29.8 Å². The van der Waals surface area contributed by atoms with Gasteiger partial charge in [-0.15, -0.1) is 0 Å². The number of nitrogens with one attached hydrogen (secondary N) is 3. The van der Waals surface area contributed by atoms with Crippen LogP contribution in [0, 0.1) is 20.8 Å². The summed E-state index contributed by atoms with van der Waals surface area (Å²) in [5.41, 5.74) is 6.08. The lowest BCUT2D eigenvalue weighted by Crippen LogP contribution is -2.31. The molecule has 0 aliphatic heterocycles. The highest BCUT2D eigenvalue weighted by Crippen LogP contribution is 2.18. The van der Waals surface area contributed by atoms with Gasteiger partial charge in [-0.2, -0.15) is 0 Å². The second-order valence-corrected chi connectivity index (χ2v) is 7.00. The molecule has 3 N–H and O–H groups in total. The number of aromatic amines is 1. The van der Waals surface area contributed by atoms with Crippen molar-refractivity contribution in [1.82, 2.24) is 10.3 Å². The van der Waals surface area contributed by atoms with Crippen LogP contribution in [0.15, 0.2) is 47.3 Å². The van der Waals surface area contributed by atoms with Crippen LogP contribution in [-0.4, -0.2) is 16.6 Å². The van der Waals surface area contributed by atoms with Crippen LogP contribution in [0.5, 0.6) is 0 Å². The van der Waals surface area contributed by atoms with Crippen LogP contribution in [-0.2, 0) is 6.42 Å². The number of benzene rings is 2. The number of hydrogen-bond donors (Lipinski definition) is 3. The van der Waals surface area contributed by atoms with Crippen molar-refractivity contribution < 1.29 is 0 Å². The van der Waals surface area contributed by atoms with E-state index in [-0.39, 0.29) is 5.56 Å². The summed E-state index contributed by atoms with van der Waals surface area (Å²) in [4.78, 5) is 15.4. The molecule has 1 heterocycles. The molecular formula is C21H23N3OS. The maximum Gasteiger partial charge on any atom is 0.251 e. The molecule has 0 spiro atoms. The molecule has 26 heavy (non-hydrogen) atoms. The fourth-order valence-electron chi connectivity index (χ4n) is 2.88. The molecule has 4 nitrogen and oxygen atoms in total. The quantitative estimate of drug-likeness (QED) is 0.612. The topological polar surface area (TPSA) is 56.9 Å². The highest BCUT2D eigenvalue weighted by molar-refractivity contribution is 7.80. The highest BCUT2D eigenvalue weighted by atomic mass is 32.1. The van der Waals surface area contributed by atoms with Gasteiger partial charge < -0.3 is 15.6 Å². The van der Waals surface area contributed by atoms with E-state index in [4.69, 9.17) is 12.2 Å². The Kier molecular flexibility index (Phi) is 5.38. The van der Waals surface area contributed by atoms with E-state index in [0.29, 0.717) is 18.1 Å². The van der Waals surface area contributed by atoms with E-state index in [1.165, 1.54) is 11.1 Å². The van der Waals surface area contributed by atoms with Crippen molar-refractivity contribution in [2.75, 3.05) is 11.9 Å². The number of pyridine rings is 1. The van der Waals surface area contributed by atoms with Crippen LogP contribution in [0.4, 0.5) is 5.69 Å². The summed E-state index contributed by atoms with van der Waals surface area (Å²) in [6.07, 6.45) is 0.605. The fraction of sp³-hybridized carbons (Fsp3) is 0.238. The smallest absolute Gasteiger partial charge is 0.251 e. The van der Waals surface area contributed by atoms with Gasteiger partial charge in [-0.3, -0.25) is 4.79 Å². The number of rotatable bonds is 4. The first kappa shape index (κ1) is 18.1. The fourth-order valence-corrected chi connectivity index (χ4v) is 3.10. The minimum Gasteiger partial charge on any atom is -0.362 e. The van der Waals surface area contributed by atoms with Gasteiger partial charge in [0, 0.05) is 17.8 Å². The van der Waals surface area contributed by atoms with Gasteiger partial charge in [0.2, 0.25) is 0 Å². The maximum atomic E-state index is 12.4. The molecule has 0 radical (unpaired) electrons. The lowest BCUT2D eigenvalue weighted by atomic mass is 10.0. The molecule has 3 rings (SSSR count). The number of H-pyrrole nitrogens is 1. The third kappa shape index (κ3) is 4.11. The summed E-state index contributed by atoms with van der Waals surface area (Å²) in [5.74, 6) is 0. The van der Waals surface area contributed by atoms with Gasteiger partial charge in [-0.25, -0.2) is 0 Å². The molecule has 134 valence electrons. The first-order valence-corrected chi connectivity index (χ1v) is 9.08. The molecule has 0 unspecified atom stereocenters. The lowest BCUT2D eigenvalue weighted by Gasteiger charge is -2.11. The Hall–Kier alpha value is -2.66. The van der Waals surface area contributed by atoms with Crippen molar-refractivity contribution in [3.8, 4) is 0 Å². The summed E-state index contributed by atoms with van der Waals surface area (Å²) >= 11 is 5.32. The lowest BCUT2D eigenvalue weighted by molar-refractivity contribution is 0.863. The van der Waals surface area contributed by atoms with Crippen molar-refractivity contribution in [3.05, 3.63) is 75.1 Å². The Morgan fingerprint density at radius 2 is 1.81 bits per heavy atom. The van der Waals surface area contributed by atoms with Crippen molar-refractivity contribution in [2.45, 2.75) is 27.2 Å². The first-order valence-electron chi connectivity index (χ1n) is 8.67. The van der Waals surface area contributed by atoms with E-state index >= 15 is 0 Å².